The molecule has 1 N–H and O–H groups in total. The number of carbonyl (C=O) groups is 1. The highest BCUT2D eigenvalue weighted by atomic mass is 32.2. The highest BCUT2D eigenvalue weighted by Gasteiger charge is 2.10. The summed E-state index contributed by atoms with van der Waals surface area (Å²) in [4.78, 5) is 28.4. The molecule has 5 nitrogen and oxygen atoms in total. The molecule has 0 saturated heterocycles. The Labute approximate surface area is 127 Å². The minimum absolute atomic E-state index is 0.0453. The number of aromatic nitrogens is 2. The van der Waals surface area contributed by atoms with Gasteiger partial charge < -0.3 is 5.32 Å². The van der Waals surface area contributed by atoms with Crippen LogP contribution in [-0.4, -0.2) is 27.8 Å². The van der Waals surface area contributed by atoms with Crippen LogP contribution in [0.15, 0.2) is 34.2 Å². The Balaban J connectivity index is 2.14. The third kappa shape index (κ3) is 3.85. The van der Waals surface area contributed by atoms with Crippen LogP contribution in [0.5, 0.6) is 0 Å². The van der Waals surface area contributed by atoms with Crippen LogP contribution in [0.4, 0.5) is 0 Å². The van der Waals surface area contributed by atoms with Crippen LogP contribution in [0.3, 0.4) is 0 Å². The van der Waals surface area contributed by atoms with Crippen molar-refractivity contribution >= 4 is 28.6 Å². The van der Waals surface area contributed by atoms with Crippen molar-refractivity contribution in [1.82, 2.24) is 14.9 Å². The van der Waals surface area contributed by atoms with Crippen molar-refractivity contribution in [2.45, 2.75) is 19.0 Å². The van der Waals surface area contributed by atoms with Crippen LogP contribution in [0.2, 0.25) is 0 Å². The summed E-state index contributed by atoms with van der Waals surface area (Å²) in [6, 6.07) is 7.23. The predicted molar refractivity (Wildman–Crippen MR) is 85.6 cm³/mol. The van der Waals surface area contributed by atoms with Crippen molar-refractivity contribution in [3.05, 3.63) is 34.6 Å². The van der Waals surface area contributed by atoms with Gasteiger partial charge in [0, 0.05) is 13.6 Å². The molecular formula is C15H19N3O2S. The lowest BCUT2D eigenvalue weighted by atomic mass is 10.2. The van der Waals surface area contributed by atoms with Crippen LogP contribution in [0.25, 0.3) is 10.9 Å². The second kappa shape index (κ2) is 6.76. The molecule has 112 valence electrons. The lowest BCUT2D eigenvalue weighted by Gasteiger charge is -2.09. The maximum atomic E-state index is 12.2. The highest BCUT2D eigenvalue weighted by molar-refractivity contribution is 7.99. The van der Waals surface area contributed by atoms with Crippen molar-refractivity contribution < 1.29 is 4.79 Å². The van der Waals surface area contributed by atoms with Gasteiger partial charge in [0.05, 0.1) is 16.7 Å². The molecule has 0 aliphatic heterocycles. The van der Waals surface area contributed by atoms with Crippen molar-refractivity contribution in [3.8, 4) is 0 Å². The lowest BCUT2D eigenvalue weighted by Crippen LogP contribution is -2.29. The average molecular weight is 305 g/mol. The zero-order valence-electron chi connectivity index (χ0n) is 12.4. The lowest BCUT2D eigenvalue weighted by molar-refractivity contribution is -0.118. The smallest absolute Gasteiger partial charge is 0.261 e. The molecule has 0 spiro atoms. The number of para-hydroxylation sites is 1. The molecule has 0 radical (unpaired) electrons. The van der Waals surface area contributed by atoms with Gasteiger partial charge >= 0.3 is 0 Å². The van der Waals surface area contributed by atoms with E-state index >= 15 is 0 Å². The number of rotatable bonds is 5. The molecule has 1 aromatic heterocycles. The zero-order chi connectivity index (χ0) is 15.4. The standard InChI is InChI=1S/C15H19N3O2S/c1-10(2)8-16-13(19)9-21-15-17-12-7-5-4-6-11(12)14(20)18(15)3/h4-7,10H,8-9H2,1-3H3,(H,16,19). The number of fused-ring (bicyclic) bond motifs is 1. The van der Waals surface area contributed by atoms with E-state index in [4.69, 9.17) is 0 Å². The second-order valence-corrected chi connectivity index (χ2v) is 6.20. The van der Waals surface area contributed by atoms with E-state index in [0.29, 0.717) is 28.5 Å². The number of carbonyl (C=O) groups excluding carboxylic acids is 1. The molecule has 0 atom stereocenters. The van der Waals surface area contributed by atoms with Gasteiger partial charge in [0.2, 0.25) is 5.91 Å². The Kier molecular flexibility index (Phi) is 5.01. The van der Waals surface area contributed by atoms with E-state index in [0.717, 1.165) is 0 Å². The predicted octanol–water partition coefficient (Wildman–Crippen LogP) is 1.80. The maximum Gasteiger partial charge on any atom is 0.261 e. The summed E-state index contributed by atoms with van der Waals surface area (Å²) in [6.45, 7) is 4.74. The molecular weight excluding hydrogens is 286 g/mol. The molecule has 0 aliphatic carbocycles. The number of hydrogen-bond donors (Lipinski definition) is 1. The van der Waals surface area contributed by atoms with Gasteiger partial charge in [0.15, 0.2) is 5.16 Å². The number of nitrogens with zero attached hydrogens (tertiary/aromatic N) is 2. The molecule has 1 amide bonds. The van der Waals surface area contributed by atoms with E-state index in [2.05, 4.69) is 10.3 Å². The first-order valence-electron chi connectivity index (χ1n) is 6.84. The molecule has 0 fully saturated rings. The summed E-state index contributed by atoms with van der Waals surface area (Å²) in [5.41, 5.74) is 0.566. The first-order valence-corrected chi connectivity index (χ1v) is 7.83. The summed E-state index contributed by atoms with van der Waals surface area (Å²) < 4.78 is 1.49. The maximum absolute atomic E-state index is 12.2. The third-order valence-electron chi connectivity index (χ3n) is 2.98. The van der Waals surface area contributed by atoms with Gasteiger partial charge in [-0.3, -0.25) is 14.2 Å². The van der Waals surface area contributed by atoms with E-state index in [1.54, 1.807) is 19.2 Å². The minimum atomic E-state index is -0.0920. The van der Waals surface area contributed by atoms with E-state index in [9.17, 15) is 9.59 Å². The fraction of sp³-hybridized carbons (Fsp3) is 0.400. The van der Waals surface area contributed by atoms with Crippen LogP contribution in [0, 0.1) is 5.92 Å². The number of nitrogens with one attached hydrogen (secondary N) is 1. The summed E-state index contributed by atoms with van der Waals surface area (Å²) in [5, 5.41) is 3.99. The largest absolute Gasteiger partial charge is 0.355 e. The Hall–Kier alpha value is -1.82. The molecule has 0 bridgehead atoms. The monoisotopic (exact) mass is 305 g/mol. The molecule has 0 saturated carbocycles. The minimum Gasteiger partial charge on any atom is -0.355 e. The Morgan fingerprint density at radius 2 is 2.10 bits per heavy atom. The van der Waals surface area contributed by atoms with Crippen molar-refractivity contribution in [3.63, 3.8) is 0 Å². The molecule has 0 aliphatic rings. The number of hydrogen-bond acceptors (Lipinski definition) is 4. The Bertz CT molecular complexity index is 710. The van der Waals surface area contributed by atoms with Gasteiger partial charge in [-0.1, -0.05) is 37.7 Å². The third-order valence-corrected chi connectivity index (χ3v) is 4.01. The van der Waals surface area contributed by atoms with Gasteiger partial charge in [0.25, 0.3) is 5.56 Å². The molecule has 2 aromatic rings. The Morgan fingerprint density at radius 3 is 2.81 bits per heavy atom. The van der Waals surface area contributed by atoms with Gasteiger partial charge in [-0.15, -0.1) is 0 Å². The molecule has 2 rings (SSSR count). The number of benzene rings is 1. The second-order valence-electron chi connectivity index (χ2n) is 5.26. The first-order chi connectivity index (χ1) is 9.99. The fourth-order valence-corrected chi connectivity index (χ4v) is 2.63. The summed E-state index contributed by atoms with van der Waals surface area (Å²) in [6.07, 6.45) is 0. The van der Waals surface area contributed by atoms with Crippen molar-refractivity contribution in [2.75, 3.05) is 12.3 Å². The molecule has 6 heteroatoms. The van der Waals surface area contributed by atoms with Gasteiger partial charge in [-0.2, -0.15) is 0 Å². The van der Waals surface area contributed by atoms with E-state index in [1.807, 2.05) is 26.0 Å². The normalized spacial score (nSPS) is 11.0. The topological polar surface area (TPSA) is 64.0 Å². The molecule has 21 heavy (non-hydrogen) atoms. The van der Waals surface area contributed by atoms with E-state index in [1.165, 1.54) is 16.3 Å². The highest BCUT2D eigenvalue weighted by Crippen LogP contribution is 2.16. The SMILES string of the molecule is CC(C)CNC(=O)CSc1nc2ccccc2c(=O)n1C. The van der Waals surface area contributed by atoms with Gasteiger partial charge in [-0.25, -0.2) is 4.98 Å². The van der Waals surface area contributed by atoms with Crippen LogP contribution >= 0.6 is 11.8 Å². The first kappa shape index (κ1) is 15.6. The van der Waals surface area contributed by atoms with Crippen LogP contribution in [-0.2, 0) is 11.8 Å². The Morgan fingerprint density at radius 1 is 1.38 bits per heavy atom. The van der Waals surface area contributed by atoms with Crippen LogP contribution in [0.1, 0.15) is 13.8 Å². The molecule has 0 unspecified atom stereocenters. The van der Waals surface area contributed by atoms with Gasteiger partial charge in [0.1, 0.15) is 0 Å². The van der Waals surface area contributed by atoms with Crippen molar-refractivity contribution in [2.24, 2.45) is 13.0 Å². The summed E-state index contributed by atoms with van der Waals surface area (Å²) in [5.74, 6) is 0.629. The van der Waals surface area contributed by atoms with E-state index in [-0.39, 0.29) is 17.2 Å². The molecule has 1 aromatic carbocycles. The van der Waals surface area contributed by atoms with E-state index < -0.39 is 0 Å². The van der Waals surface area contributed by atoms with Gasteiger partial charge in [-0.05, 0) is 18.1 Å². The zero-order valence-corrected chi connectivity index (χ0v) is 13.2. The fourth-order valence-electron chi connectivity index (χ4n) is 1.83. The van der Waals surface area contributed by atoms with Crippen LogP contribution < -0.4 is 10.9 Å². The summed E-state index contributed by atoms with van der Waals surface area (Å²) >= 11 is 1.28. The quantitative estimate of drug-likeness (QED) is 0.676. The molecule has 1 heterocycles. The van der Waals surface area contributed by atoms with Crippen molar-refractivity contribution in [1.29, 1.82) is 0 Å². The summed E-state index contributed by atoms with van der Waals surface area (Å²) in [7, 11) is 1.68. The number of amides is 1. The average Bonchev–Trinajstić information content (AvgIpc) is 2.47. The number of thioether (sulfide) groups is 1.